The van der Waals surface area contributed by atoms with Crippen molar-refractivity contribution < 1.29 is 33.7 Å². The normalized spacial score (nSPS) is 16.4. The first-order valence-corrected chi connectivity index (χ1v) is 9.19. The Hall–Kier alpha value is -2.64. The molecule has 1 atom stereocenters. The van der Waals surface area contributed by atoms with E-state index in [0.717, 1.165) is 23.8 Å². The van der Waals surface area contributed by atoms with Crippen LogP contribution in [0.3, 0.4) is 0 Å². The molecule has 0 aromatic heterocycles. The molecular formula is C14H22N4O9S. The highest BCUT2D eigenvalue weighted by Gasteiger charge is 2.67. The molecule has 2 amide bonds. The minimum Gasteiger partial charge on any atom is -0.467 e. The lowest BCUT2D eigenvalue weighted by molar-refractivity contribution is -0.809. The number of nitrogens with one attached hydrogen (secondary N) is 1. The van der Waals surface area contributed by atoms with Crippen LogP contribution in [0.5, 0.6) is 0 Å². The molecule has 0 aromatic rings. The van der Waals surface area contributed by atoms with Crippen LogP contribution < -0.4 is 5.32 Å². The Morgan fingerprint density at radius 3 is 2.18 bits per heavy atom. The van der Waals surface area contributed by atoms with E-state index in [1.807, 2.05) is 0 Å². The van der Waals surface area contributed by atoms with Gasteiger partial charge in [0.25, 0.3) is 0 Å². The Morgan fingerprint density at radius 2 is 1.75 bits per heavy atom. The van der Waals surface area contributed by atoms with Gasteiger partial charge in [-0.2, -0.15) is 0 Å². The minimum atomic E-state index is -2.37. The minimum absolute atomic E-state index is 0.0267. The summed E-state index contributed by atoms with van der Waals surface area (Å²) in [6, 6.07) is -1.08. The Bertz CT molecular complexity index is 642. The maximum Gasteiger partial charge on any atom is 0.492 e. The third-order valence-corrected chi connectivity index (χ3v) is 4.63. The van der Waals surface area contributed by atoms with Crippen LogP contribution in [0, 0.1) is 20.2 Å². The molecule has 1 heterocycles. The summed E-state index contributed by atoms with van der Waals surface area (Å²) in [4.78, 5) is 56.2. The first-order chi connectivity index (χ1) is 12.8. The lowest BCUT2D eigenvalue weighted by Crippen LogP contribution is -2.71. The summed E-state index contributed by atoms with van der Waals surface area (Å²) in [6.07, 6.45) is -0.834. The van der Waals surface area contributed by atoms with Crippen molar-refractivity contribution >= 4 is 29.7 Å². The quantitative estimate of drug-likeness (QED) is 0.240. The Labute approximate surface area is 164 Å². The van der Waals surface area contributed by atoms with Gasteiger partial charge >= 0.3 is 17.7 Å². The van der Waals surface area contributed by atoms with E-state index in [2.05, 4.69) is 10.1 Å². The molecule has 1 fully saturated rings. The second kappa shape index (κ2) is 9.03. The molecule has 0 bridgehead atoms. The van der Waals surface area contributed by atoms with E-state index in [4.69, 9.17) is 4.74 Å². The molecule has 13 nitrogen and oxygen atoms in total. The van der Waals surface area contributed by atoms with Crippen molar-refractivity contribution in [1.82, 2.24) is 10.2 Å². The molecule has 1 unspecified atom stereocenters. The van der Waals surface area contributed by atoms with Gasteiger partial charge in [-0.25, -0.2) is 9.59 Å². The summed E-state index contributed by atoms with van der Waals surface area (Å²) >= 11 is 0.966. The number of nitro groups is 2. The maximum atomic E-state index is 12.0. The number of methoxy groups -OCH3 is 1. The van der Waals surface area contributed by atoms with Gasteiger partial charge in [0.2, 0.25) is 5.91 Å². The number of alkyl carbamates (subject to hydrolysis) is 1. The van der Waals surface area contributed by atoms with Crippen molar-refractivity contribution in [3.05, 3.63) is 20.2 Å². The number of ether oxygens (including phenoxy) is 2. The van der Waals surface area contributed by atoms with Gasteiger partial charge in [0, 0.05) is 5.75 Å². The average Bonchev–Trinajstić information content (AvgIpc) is 2.49. The Balaban J connectivity index is 2.53. The van der Waals surface area contributed by atoms with Crippen molar-refractivity contribution in [3.8, 4) is 0 Å². The topological polar surface area (TPSA) is 171 Å². The van der Waals surface area contributed by atoms with Crippen molar-refractivity contribution in [2.75, 3.05) is 31.7 Å². The van der Waals surface area contributed by atoms with E-state index < -0.39 is 58.2 Å². The molecule has 0 aromatic carbocycles. The molecule has 1 aliphatic heterocycles. The standard InChI is InChI=1S/C14H22N4O9S/c1-13(2,3)27-12(21)15-9(11(20)26-4)5-28-6-10(19)16-7-14(8-16,17(22)23)18(24)25/h9H,5-8H2,1-4H3,(H,15,21). The van der Waals surface area contributed by atoms with E-state index in [9.17, 15) is 34.6 Å². The van der Waals surface area contributed by atoms with E-state index in [1.165, 1.54) is 0 Å². The summed E-state index contributed by atoms with van der Waals surface area (Å²) in [5.74, 6) is -1.50. The number of likely N-dealkylation sites (tertiary alicyclic amines) is 1. The van der Waals surface area contributed by atoms with Gasteiger partial charge in [-0.15, -0.1) is 11.8 Å². The number of rotatable bonds is 8. The summed E-state index contributed by atoms with van der Waals surface area (Å²) in [5.41, 5.74) is -3.14. The molecule has 1 rings (SSSR count). The van der Waals surface area contributed by atoms with E-state index in [0.29, 0.717) is 0 Å². The number of esters is 1. The average molecular weight is 422 g/mol. The predicted molar refractivity (Wildman–Crippen MR) is 95.8 cm³/mol. The van der Waals surface area contributed by atoms with Crippen LogP contribution in [0.2, 0.25) is 0 Å². The van der Waals surface area contributed by atoms with Crippen LogP contribution in [-0.2, 0) is 19.1 Å². The second-order valence-electron chi connectivity index (χ2n) is 6.98. The molecule has 0 spiro atoms. The van der Waals surface area contributed by atoms with E-state index >= 15 is 0 Å². The fraction of sp³-hybridized carbons (Fsp3) is 0.786. The number of nitrogens with zero attached hydrogens (tertiary/aromatic N) is 3. The lowest BCUT2D eigenvalue weighted by Gasteiger charge is -2.36. The molecule has 158 valence electrons. The van der Waals surface area contributed by atoms with Gasteiger partial charge in [0.1, 0.15) is 21.5 Å². The highest BCUT2D eigenvalue weighted by molar-refractivity contribution is 8.00. The third kappa shape index (κ3) is 5.94. The lowest BCUT2D eigenvalue weighted by atomic mass is 10.0. The Morgan fingerprint density at radius 1 is 1.21 bits per heavy atom. The molecule has 0 radical (unpaired) electrons. The zero-order chi connectivity index (χ0) is 21.7. The first kappa shape index (κ1) is 23.4. The SMILES string of the molecule is COC(=O)C(CSCC(=O)N1CC([N+](=O)[O-])([N+](=O)[O-])C1)NC(=O)OC(C)(C)C. The number of hydrogen-bond acceptors (Lipinski definition) is 10. The third-order valence-electron chi connectivity index (χ3n) is 3.61. The number of thioether (sulfide) groups is 1. The number of carbonyl (C=O) groups is 3. The number of amides is 2. The largest absolute Gasteiger partial charge is 0.492 e. The first-order valence-electron chi connectivity index (χ1n) is 8.04. The summed E-state index contributed by atoms with van der Waals surface area (Å²) in [6.45, 7) is 3.70. The molecule has 14 heteroatoms. The van der Waals surface area contributed by atoms with Gasteiger partial charge in [-0.1, -0.05) is 0 Å². The van der Waals surface area contributed by atoms with Crippen molar-refractivity contribution in [2.24, 2.45) is 0 Å². The zero-order valence-corrected chi connectivity index (χ0v) is 16.6. The molecule has 1 N–H and O–H groups in total. The van der Waals surface area contributed by atoms with Crippen LogP contribution in [-0.4, -0.2) is 81.7 Å². The van der Waals surface area contributed by atoms with Gasteiger partial charge in [-0.3, -0.25) is 25.0 Å². The summed E-state index contributed by atoms with van der Waals surface area (Å²) < 4.78 is 9.65. The van der Waals surface area contributed by atoms with Gasteiger partial charge in [-0.05, 0) is 20.8 Å². The maximum absolute atomic E-state index is 12.0. The second-order valence-corrected chi connectivity index (χ2v) is 8.01. The molecule has 1 aliphatic rings. The van der Waals surface area contributed by atoms with Gasteiger partial charge < -0.3 is 19.7 Å². The fourth-order valence-electron chi connectivity index (χ4n) is 2.16. The highest BCUT2D eigenvalue weighted by atomic mass is 32.2. The zero-order valence-electron chi connectivity index (χ0n) is 15.8. The Kier molecular flexibility index (Phi) is 7.55. The van der Waals surface area contributed by atoms with Crippen LogP contribution in [0.4, 0.5) is 4.79 Å². The van der Waals surface area contributed by atoms with E-state index in [1.54, 1.807) is 20.8 Å². The van der Waals surface area contributed by atoms with Crippen LogP contribution in [0.25, 0.3) is 0 Å². The summed E-state index contributed by atoms with van der Waals surface area (Å²) in [7, 11) is 1.14. The van der Waals surface area contributed by atoms with Crippen LogP contribution in [0.1, 0.15) is 20.8 Å². The summed E-state index contributed by atoms with van der Waals surface area (Å²) in [5, 5.41) is 24.0. The smallest absolute Gasteiger partial charge is 0.467 e. The number of hydrogen-bond donors (Lipinski definition) is 1. The molecule has 0 saturated carbocycles. The van der Waals surface area contributed by atoms with Crippen molar-refractivity contribution in [3.63, 3.8) is 0 Å². The van der Waals surface area contributed by atoms with Crippen LogP contribution in [0.15, 0.2) is 0 Å². The molecular weight excluding hydrogens is 400 g/mol. The van der Waals surface area contributed by atoms with Crippen molar-refractivity contribution in [1.29, 1.82) is 0 Å². The van der Waals surface area contributed by atoms with Gasteiger partial charge in [0.05, 0.1) is 12.9 Å². The van der Waals surface area contributed by atoms with Crippen molar-refractivity contribution in [2.45, 2.75) is 38.1 Å². The van der Waals surface area contributed by atoms with E-state index in [-0.39, 0.29) is 11.5 Å². The molecule has 28 heavy (non-hydrogen) atoms. The van der Waals surface area contributed by atoms with Crippen LogP contribution >= 0.6 is 11.8 Å². The highest BCUT2D eigenvalue weighted by Crippen LogP contribution is 2.26. The molecule has 0 aliphatic carbocycles. The monoisotopic (exact) mass is 422 g/mol. The fourth-order valence-corrected chi connectivity index (χ4v) is 3.09. The number of carbonyl (C=O) groups excluding carboxylic acids is 3. The predicted octanol–water partition coefficient (Wildman–Crippen LogP) is -0.122. The van der Waals surface area contributed by atoms with Gasteiger partial charge in [0.15, 0.2) is 13.1 Å². The molecule has 1 saturated heterocycles.